The number of rotatable bonds is 5. The van der Waals surface area contributed by atoms with Crippen LogP contribution in [0.3, 0.4) is 0 Å². The van der Waals surface area contributed by atoms with Crippen molar-refractivity contribution in [2.75, 3.05) is 34.0 Å². The number of benzene rings is 1. The minimum Gasteiger partial charge on any atom is -0.497 e. The second-order valence-electron chi connectivity index (χ2n) is 6.16. The summed E-state index contributed by atoms with van der Waals surface area (Å²) >= 11 is 0. The van der Waals surface area contributed by atoms with Crippen LogP contribution in [0.2, 0.25) is 0 Å². The largest absolute Gasteiger partial charge is 0.497 e. The highest BCUT2D eigenvalue weighted by molar-refractivity contribution is 5.78. The third kappa shape index (κ3) is 3.28. The lowest BCUT2D eigenvalue weighted by Gasteiger charge is -2.25. The number of aliphatic hydroxyl groups is 1. The molecule has 0 radical (unpaired) electrons. The van der Waals surface area contributed by atoms with E-state index >= 15 is 0 Å². The molecule has 2 aliphatic rings. The zero-order valence-corrected chi connectivity index (χ0v) is 13.5. The van der Waals surface area contributed by atoms with Crippen molar-refractivity contribution >= 4 is 5.91 Å². The molecule has 1 amide bonds. The van der Waals surface area contributed by atoms with E-state index in [1.54, 1.807) is 19.1 Å². The Morgan fingerprint density at radius 1 is 1.43 bits per heavy atom. The first-order valence-corrected chi connectivity index (χ1v) is 7.89. The molecule has 0 spiro atoms. The molecule has 1 N–H and O–H groups in total. The van der Waals surface area contributed by atoms with Crippen molar-refractivity contribution in [3.05, 3.63) is 23.8 Å². The summed E-state index contributed by atoms with van der Waals surface area (Å²) in [7, 11) is 3.23. The lowest BCUT2D eigenvalue weighted by Crippen LogP contribution is -2.39. The Balaban J connectivity index is 1.68. The van der Waals surface area contributed by atoms with Gasteiger partial charge in [0.1, 0.15) is 11.5 Å². The number of methoxy groups -OCH3 is 2. The van der Waals surface area contributed by atoms with E-state index in [9.17, 15) is 9.90 Å². The van der Waals surface area contributed by atoms with Crippen molar-refractivity contribution in [1.82, 2.24) is 4.90 Å². The molecule has 1 aromatic rings. The van der Waals surface area contributed by atoms with Crippen molar-refractivity contribution in [3.8, 4) is 11.5 Å². The number of carbonyl (C=O) groups is 1. The number of carbonyl (C=O) groups excluding carboxylic acids is 1. The van der Waals surface area contributed by atoms with Crippen LogP contribution in [0, 0.1) is 0 Å². The van der Waals surface area contributed by atoms with Gasteiger partial charge in [-0.2, -0.15) is 0 Å². The quantitative estimate of drug-likeness (QED) is 0.882. The molecule has 1 unspecified atom stereocenters. The number of likely N-dealkylation sites (tertiary alicyclic amines) is 1. The van der Waals surface area contributed by atoms with Gasteiger partial charge in [0.2, 0.25) is 5.91 Å². The maximum absolute atomic E-state index is 12.6. The molecule has 126 valence electrons. The summed E-state index contributed by atoms with van der Waals surface area (Å²) < 4.78 is 16.0. The molecular weight excluding hydrogens is 298 g/mol. The lowest BCUT2D eigenvalue weighted by atomic mass is 9.97. The first-order valence-electron chi connectivity index (χ1n) is 7.89. The minimum atomic E-state index is -0.463. The molecule has 0 aliphatic carbocycles. The van der Waals surface area contributed by atoms with Crippen LogP contribution in [-0.2, 0) is 9.53 Å². The molecule has 2 heterocycles. The average Bonchev–Trinajstić information content (AvgIpc) is 3.11. The highest BCUT2D eigenvalue weighted by Crippen LogP contribution is 2.38. The Bertz CT molecular complexity index is 576. The Morgan fingerprint density at radius 3 is 3.00 bits per heavy atom. The number of hydrogen-bond donors (Lipinski definition) is 1. The summed E-state index contributed by atoms with van der Waals surface area (Å²) in [6.45, 7) is 1.34. The zero-order valence-electron chi connectivity index (χ0n) is 13.5. The first-order chi connectivity index (χ1) is 11.1. The third-order valence-electron chi connectivity index (χ3n) is 4.59. The highest BCUT2D eigenvalue weighted by atomic mass is 16.5. The van der Waals surface area contributed by atoms with Crippen LogP contribution in [0.5, 0.6) is 11.5 Å². The predicted molar refractivity (Wildman–Crippen MR) is 83.8 cm³/mol. The normalized spacial score (nSPS) is 26.0. The van der Waals surface area contributed by atoms with Gasteiger partial charge in [0.15, 0.2) is 0 Å². The third-order valence-corrected chi connectivity index (χ3v) is 4.59. The Kier molecular flexibility index (Phi) is 4.73. The fraction of sp³-hybridized carbons (Fsp3) is 0.588. The van der Waals surface area contributed by atoms with Crippen molar-refractivity contribution in [1.29, 1.82) is 0 Å². The molecule has 23 heavy (non-hydrogen) atoms. The van der Waals surface area contributed by atoms with Gasteiger partial charge in [-0.15, -0.1) is 0 Å². The summed E-state index contributed by atoms with van der Waals surface area (Å²) in [5, 5.41) is 9.83. The summed E-state index contributed by atoms with van der Waals surface area (Å²) in [4.78, 5) is 14.4. The van der Waals surface area contributed by atoms with Gasteiger partial charge in [-0.1, -0.05) is 6.07 Å². The van der Waals surface area contributed by atoms with Crippen LogP contribution in [0.25, 0.3) is 0 Å². The number of hydrogen-bond acceptors (Lipinski definition) is 5. The summed E-state index contributed by atoms with van der Waals surface area (Å²) in [5.41, 5.74) is 1.04. The first kappa shape index (κ1) is 16.1. The van der Waals surface area contributed by atoms with Gasteiger partial charge in [0.05, 0.1) is 32.5 Å². The summed E-state index contributed by atoms with van der Waals surface area (Å²) in [6, 6.07) is 5.66. The molecular formula is C17H23NO5. The van der Waals surface area contributed by atoms with Crippen LogP contribution in [-0.4, -0.2) is 62.0 Å². The van der Waals surface area contributed by atoms with Crippen LogP contribution < -0.4 is 9.47 Å². The van der Waals surface area contributed by atoms with Crippen LogP contribution in [0.15, 0.2) is 18.2 Å². The van der Waals surface area contributed by atoms with Crippen LogP contribution >= 0.6 is 0 Å². The van der Waals surface area contributed by atoms with Gasteiger partial charge < -0.3 is 24.2 Å². The second-order valence-corrected chi connectivity index (χ2v) is 6.16. The van der Waals surface area contributed by atoms with Crippen molar-refractivity contribution in [3.63, 3.8) is 0 Å². The predicted octanol–water partition coefficient (Wildman–Crippen LogP) is 1.17. The summed E-state index contributed by atoms with van der Waals surface area (Å²) in [5.74, 6) is 1.63. The van der Waals surface area contributed by atoms with Gasteiger partial charge in [-0.25, -0.2) is 0 Å². The standard InChI is InChI=1S/C17H23NO5/c1-21-10-12-6-13(19)8-18(12)17(20)5-11-9-23-16-7-14(22-2)3-4-15(11)16/h3-4,7,11-13,19H,5-6,8-10H2,1-2H3/t11?,12-,13-/m1/s1. The lowest BCUT2D eigenvalue weighted by molar-refractivity contribution is -0.133. The van der Waals surface area contributed by atoms with E-state index in [4.69, 9.17) is 14.2 Å². The van der Waals surface area contributed by atoms with Gasteiger partial charge in [0, 0.05) is 37.6 Å². The Labute approximate surface area is 135 Å². The van der Waals surface area contributed by atoms with E-state index in [1.165, 1.54) is 0 Å². The topological polar surface area (TPSA) is 68.2 Å². The summed E-state index contributed by atoms with van der Waals surface area (Å²) in [6.07, 6.45) is 0.497. The Morgan fingerprint density at radius 2 is 2.26 bits per heavy atom. The molecule has 3 rings (SSSR count). The van der Waals surface area contributed by atoms with E-state index < -0.39 is 6.10 Å². The van der Waals surface area contributed by atoms with Crippen molar-refractivity contribution in [2.45, 2.75) is 30.9 Å². The molecule has 1 aromatic carbocycles. The molecule has 6 heteroatoms. The van der Waals surface area contributed by atoms with E-state index in [1.807, 2.05) is 18.2 Å². The molecule has 6 nitrogen and oxygen atoms in total. The van der Waals surface area contributed by atoms with E-state index in [2.05, 4.69) is 0 Å². The molecule has 1 saturated heterocycles. The number of nitrogens with zero attached hydrogens (tertiary/aromatic N) is 1. The van der Waals surface area contributed by atoms with Gasteiger partial charge in [-0.05, 0) is 12.5 Å². The molecule has 0 aromatic heterocycles. The second kappa shape index (κ2) is 6.76. The smallest absolute Gasteiger partial charge is 0.223 e. The average molecular weight is 321 g/mol. The molecule has 3 atom stereocenters. The van der Waals surface area contributed by atoms with Gasteiger partial charge >= 0.3 is 0 Å². The zero-order chi connectivity index (χ0) is 16.4. The van der Waals surface area contributed by atoms with Crippen molar-refractivity contribution < 1.29 is 24.1 Å². The maximum Gasteiger partial charge on any atom is 0.223 e. The minimum absolute atomic E-state index is 0.0415. The van der Waals surface area contributed by atoms with E-state index in [0.29, 0.717) is 32.6 Å². The molecule has 0 bridgehead atoms. The van der Waals surface area contributed by atoms with Crippen LogP contribution in [0.4, 0.5) is 0 Å². The van der Waals surface area contributed by atoms with Crippen LogP contribution in [0.1, 0.15) is 24.3 Å². The van der Waals surface area contributed by atoms with Gasteiger partial charge in [0.25, 0.3) is 0 Å². The fourth-order valence-corrected chi connectivity index (χ4v) is 3.43. The number of β-amino-alcohol motifs (C(OH)–C–C–N with tert-alkyl or cyclic N) is 1. The maximum atomic E-state index is 12.6. The highest BCUT2D eigenvalue weighted by Gasteiger charge is 2.36. The number of aliphatic hydroxyl groups excluding tert-OH is 1. The van der Waals surface area contributed by atoms with Gasteiger partial charge in [-0.3, -0.25) is 4.79 Å². The number of amides is 1. The SMILES string of the molecule is COC[C@H]1C[C@@H](O)CN1C(=O)CC1COc2cc(OC)ccc21. The number of ether oxygens (including phenoxy) is 3. The fourth-order valence-electron chi connectivity index (χ4n) is 3.43. The number of fused-ring (bicyclic) bond motifs is 1. The van der Waals surface area contributed by atoms with Crippen molar-refractivity contribution in [2.24, 2.45) is 0 Å². The molecule has 1 fully saturated rings. The monoisotopic (exact) mass is 321 g/mol. The van der Waals surface area contributed by atoms with E-state index in [-0.39, 0.29) is 17.9 Å². The van der Waals surface area contributed by atoms with E-state index in [0.717, 1.165) is 17.1 Å². The molecule has 0 saturated carbocycles. The molecule has 2 aliphatic heterocycles. The Hall–Kier alpha value is -1.79.